The molecule has 0 radical (unpaired) electrons. The highest BCUT2D eigenvalue weighted by atomic mass is 127. The maximum absolute atomic E-state index is 4.42. The van der Waals surface area contributed by atoms with E-state index in [0.29, 0.717) is 0 Å². The van der Waals surface area contributed by atoms with Crippen LogP contribution in [0.25, 0.3) is 0 Å². The Morgan fingerprint density at radius 1 is 0.615 bits per heavy atom. The van der Waals surface area contributed by atoms with Crippen molar-refractivity contribution in [3.63, 3.8) is 0 Å². The molecule has 0 saturated heterocycles. The van der Waals surface area contributed by atoms with Crippen LogP contribution in [0.4, 0.5) is 11.4 Å². The first-order chi connectivity index (χ1) is 11.1. The van der Waals surface area contributed by atoms with Crippen molar-refractivity contribution in [1.82, 2.24) is 0 Å². The summed E-state index contributed by atoms with van der Waals surface area (Å²) in [6.07, 6.45) is 0. The standard InChI is InChI=1S/C20H30N4.2HI/c1-23(2,3)15-17-9-7-11-19(13-17)21-22-20-12-8-10-18(14-20)16-24(4,5)6;;/h7-14H,15-16H2,1-6H3;2*1H/q+2;;/p-2. The Labute approximate surface area is 192 Å². The van der Waals surface area contributed by atoms with E-state index in [1.165, 1.54) is 11.1 Å². The largest absolute Gasteiger partial charge is 1.00 e. The summed E-state index contributed by atoms with van der Waals surface area (Å²) >= 11 is 0. The van der Waals surface area contributed by atoms with Gasteiger partial charge in [0.1, 0.15) is 13.1 Å². The molecule has 0 fully saturated rings. The molecule has 6 heteroatoms. The normalized spacial score (nSPS) is 11.8. The number of quaternary nitrogens is 2. The molecule has 144 valence electrons. The Hall–Kier alpha value is -0.580. The van der Waals surface area contributed by atoms with Crippen molar-refractivity contribution in [2.45, 2.75) is 13.1 Å². The van der Waals surface area contributed by atoms with Crippen LogP contribution >= 0.6 is 0 Å². The van der Waals surface area contributed by atoms with Crippen LogP contribution in [-0.2, 0) is 13.1 Å². The molecule has 26 heavy (non-hydrogen) atoms. The predicted octanol–water partition coefficient (Wildman–Crippen LogP) is -1.48. The Morgan fingerprint density at radius 2 is 0.962 bits per heavy atom. The van der Waals surface area contributed by atoms with Crippen molar-refractivity contribution in [2.24, 2.45) is 10.2 Å². The van der Waals surface area contributed by atoms with Crippen LogP contribution in [-0.4, -0.2) is 51.3 Å². The third-order valence-electron chi connectivity index (χ3n) is 3.42. The zero-order valence-corrected chi connectivity index (χ0v) is 20.9. The van der Waals surface area contributed by atoms with Gasteiger partial charge >= 0.3 is 0 Å². The number of hydrogen-bond acceptors (Lipinski definition) is 2. The van der Waals surface area contributed by atoms with Crippen LogP contribution in [0.5, 0.6) is 0 Å². The molecule has 0 bridgehead atoms. The molecule has 2 aromatic carbocycles. The van der Waals surface area contributed by atoms with Gasteiger partial charge < -0.3 is 56.9 Å². The lowest BCUT2D eigenvalue weighted by Crippen LogP contribution is -3.00. The first kappa shape index (κ1) is 25.4. The van der Waals surface area contributed by atoms with E-state index in [-0.39, 0.29) is 48.0 Å². The van der Waals surface area contributed by atoms with E-state index >= 15 is 0 Å². The van der Waals surface area contributed by atoms with Crippen LogP contribution in [0.1, 0.15) is 11.1 Å². The number of nitrogens with zero attached hydrogens (tertiary/aromatic N) is 4. The van der Waals surface area contributed by atoms with Crippen molar-refractivity contribution in [3.05, 3.63) is 59.7 Å². The summed E-state index contributed by atoms with van der Waals surface area (Å²) in [5, 5.41) is 8.84. The van der Waals surface area contributed by atoms with Gasteiger partial charge in [0.05, 0.1) is 53.7 Å². The molecule has 0 aliphatic heterocycles. The molecule has 0 spiro atoms. The summed E-state index contributed by atoms with van der Waals surface area (Å²) in [7, 11) is 13.1. The lowest BCUT2D eigenvalue weighted by Gasteiger charge is -2.24. The molecule has 0 atom stereocenters. The Balaban J connectivity index is 0.00000312. The molecular formula is C20H30I2N4. The van der Waals surface area contributed by atoms with E-state index in [9.17, 15) is 0 Å². The molecule has 0 heterocycles. The quantitative estimate of drug-likeness (QED) is 0.227. The Kier molecular flexibility index (Phi) is 10.4. The summed E-state index contributed by atoms with van der Waals surface area (Å²) in [6, 6.07) is 16.6. The van der Waals surface area contributed by atoms with Gasteiger partial charge in [0.25, 0.3) is 0 Å². The summed E-state index contributed by atoms with van der Waals surface area (Å²) in [5.41, 5.74) is 4.35. The number of benzene rings is 2. The van der Waals surface area contributed by atoms with Gasteiger partial charge in [-0.2, -0.15) is 10.2 Å². The number of azo groups is 1. The number of rotatable bonds is 6. The third-order valence-corrected chi connectivity index (χ3v) is 3.42. The fourth-order valence-corrected chi connectivity index (χ4v) is 2.64. The third kappa shape index (κ3) is 9.94. The molecule has 2 rings (SSSR count). The van der Waals surface area contributed by atoms with Gasteiger partial charge in [-0.15, -0.1) is 0 Å². The van der Waals surface area contributed by atoms with Gasteiger partial charge in [0, 0.05) is 11.1 Å². The minimum absolute atomic E-state index is 0. The molecule has 0 aliphatic rings. The SMILES string of the molecule is C[N+](C)(C)Cc1cccc(N=Nc2cccc(C[N+](C)(C)C)c2)c1.[I-].[I-]. The van der Waals surface area contributed by atoms with Crippen molar-refractivity contribution in [1.29, 1.82) is 0 Å². The average molecular weight is 580 g/mol. The van der Waals surface area contributed by atoms with Gasteiger partial charge in [0.15, 0.2) is 0 Å². The van der Waals surface area contributed by atoms with Crippen molar-refractivity contribution >= 4 is 11.4 Å². The van der Waals surface area contributed by atoms with E-state index in [4.69, 9.17) is 0 Å². The molecular weight excluding hydrogens is 550 g/mol. The summed E-state index contributed by atoms with van der Waals surface area (Å²) in [6.45, 7) is 1.95. The molecule has 0 aromatic heterocycles. The summed E-state index contributed by atoms with van der Waals surface area (Å²) in [4.78, 5) is 0. The van der Waals surface area contributed by atoms with Crippen LogP contribution < -0.4 is 48.0 Å². The van der Waals surface area contributed by atoms with E-state index in [1.54, 1.807) is 0 Å². The smallest absolute Gasteiger partial charge is 0.104 e. The van der Waals surface area contributed by atoms with Crippen molar-refractivity contribution in [3.8, 4) is 0 Å². The Morgan fingerprint density at radius 3 is 1.27 bits per heavy atom. The van der Waals surface area contributed by atoms with Crippen LogP contribution in [0.3, 0.4) is 0 Å². The van der Waals surface area contributed by atoms with Crippen molar-refractivity contribution < 1.29 is 56.9 Å². The predicted molar refractivity (Wildman–Crippen MR) is 101 cm³/mol. The summed E-state index contributed by atoms with van der Waals surface area (Å²) < 4.78 is 1.79. The van der Waals surface area contributed by atoms with Crippen LogP contribution in [0.15, 0.2) is 58.8 Å². The molecule has 2 aromatic rings. The lowest BCUT2D eigenvalue weighted by atomic mass is 10.2. The van der Waals surface area contributed by atoms with Gasteiger partial charge in [-0.1, -0.05) is 24.3 Å². The van der Waals surface area contributed by atoms with Gasteiger partial charge in [0.2, 0.25) is 0 Å². The van der Waals surface area contributed by atoms with E-state index in [0.717, 1.165) is 33.4 Å². The average Bonchev–Trinajstić information content (AvgIpc) is 2.42. The van der Waals surface area contributed by atoms with Gasteiger partial charge in [-0.3, -0.25) is 0 Å². The molecule has 4 nitrogen and oxygen atoms in total. The molecule has 0 aliphatic carbocycles. The fraction of sp³-hybridized carbons (Fsp3) is 0.400. The molecule has 0 unspecified atom stereocenters. The minimum atomic E-state index is 0. The minimum Gasteiger partial charge on any atom is -1.00 e. The van der Waals surface area contributed by atoms with E-state index < -0.39 is 0 Å². The Bertz CT molecular complexity index is 655. The summed E-state index contributed by atoms with van der Waals surface area (Å²) in [5.74, 6) is 0. The lowest BCUT2D eigenvalue weighted by molar-refractivity contribution is -0.884. The van der Waals surface area contributed by atoms with Crippen LogP contribution in [0, 0.1) is 0 Å². The topological polar surface area (TPSA) is 24.7 Å². The number of hydrogen-bond donors (Lipinski definition) is 0. The highest BCUT2D eigenvalue weighted by Gasteiger charge is 2.09. The molecule has 0 saturated carbocycles. The first-order valence-corrected chi connectivity index (χ1v) is 8.31. The van der Waals surface area contributed by atoms with Crippen LogP contribution in [0.2, 0.25) is 0 Å². The second-order valence-electron chi connectivity index (χ2n) is 8.44. The van der Waals surface area contributed by atoms with Gasteiger partial charge in [-0.05, 0) is 24.3 Å². The monoisotopic (exact) mass is 580 g/mol. The van der Waals surface area contributed by atoms with E-state index in [2.05, 4.69) is 76.8 Å². The zero-order chi connectivity index (χ0) is 17.8. The maximum atomic E-state index is 4.42. The second kappa shape index (κ2) is 10.7. The highest BCUT2D eigenvalue weighted by molar-refractivity contribution is 5.43. The fourth-order valence-electron chi connectivity index (χ4n) is 2.64. The maximum Gasteiger partial charge on any atom is 0.104 e. The molecule has 0 N–H and O–H groups in total. The second-order valence-corrected chi connectivity index (χ2v) is 8.44. The number of halogens is 2. The first-order valence-electron chi connectivity index (χ1n) is 8.31. The van der Waals surface area contributed by atoms with Crippen molar-refractivity contribution in [2.75, 3.05) is 42.3 Å². The van der Waals surface area contributed by atoms with Gasteiger partial charge in [-0.25, -0.2) is 0 Å². The zero-order valence-electron chi connectivity index (χ0n) is 16.6. The highest BCUT2D eigenvalue weighted by Crippen LogP contribution is 2.22. The van der Waals surface area contributed by atoms with E-state index in [1.807, 2.05) is 24.3 Å². The molecule has 0 amide bonds.